The summed E-state index contributed by atoms with van der Waals surface area (Å²) in [6.45, 7) is 2.09. The van der Waals surface area contributed by atoms with Crippen LogP contribution in [0.5, 0.6) is 11.5 Å². The maximum absolute atomic E-state index is 12.0. The maximum Gasteiger partial charge on any atom is 0.313 e. The molecule has 1 aromatic rings. The zero-order valence-electron chi connectivity index (χ0n) is 12.1. The second-order valence-corrected chi connectivity index (χ2v) is 4.29. The number of esters is 1. The summed E-state index contributed by atoms with van der Waals surface area (Å²) in [6, 6.07) is 5.51. The SMILES string of the molecule is CCCCC(C(=O)OC)c1c(OC)cccc1OC. The van der Waals surface area contributed by atoms with Crippen LogP contribution in [-0.4, -0.2) is 27.3 Å². The van der Waals surface area contributed by atoms with Gasteiger partial charge in [-0.15, -0.1) is 0 Å². The van der Waals surface area contributed by atoms with Crippen molar-refractivity contribution < 1.29 is 19.0 Å². The molecule has 0 radical (unpaired) electrons. The molecule has 0 fully saturated rings. The monoisotopic (exact) mass is 266 g/mol. The van der Waals surface area contributed by atoms with Crippen molar-refractivity contribution in [1.82, 2.24) is 0 Å². The molecule has 0 aliphatic heterocycles. The Balaban J connectivity index is 3.22. The third-order valence-electron chi connectivity index (χ3n) is 3.15. The summed E-state index contributed by atoms with van der Waals surface area (Å²) in [5.41, 5.74) is 0.771. The van der Waals surface area contributed by atoms with E-state index in [2.05, 4.69) is 6.92 Å². The number of carbonyl (C=O) groups excluding carboxylic acids is 1. The Kier molecular flexibility index (Phi) is 6.19. The van der Waals surface area contributed by atoms with E-state index in [0.717, 1.165) is 24.8 Å². The lowest BCUT2D eigenvalue weighted by Gasteiger charge is -2.20. The lowest BCUT2D eigenvalue weighted by Crippen LogP contribution is -2.16. The van der Waals surface area contributed by atoms with E-state index in [1.54, 1.807) is 14.2 Å². The molecule has 0 saturated carbocycles. The van der Waals surface area contributed by atoms with Gasteiger partial charge in [-0.1, -0.05) is 25.8 Å². The van der Waals surface area contributed by atoms with Gasteiger partial charge in [0.05, 0.1) is 32.8 Å². The number of unbranched alkanes of at least 4 members (excludes halogenated alkanes) is 1. The van der Waals surface area contributed by atoms with Crippen molar-refractivity contribution in [2.75, 3.05) is 21.3 Å². The molecule has 106 valence electrons. The number of rotatable bonds is 7. The van der Waals surface area contributed by atoms with Crippen molar-refractivity contribution in [2.45, 2.75) is 32.1 Å². The Morgan fingerprint density at radius 1 is 1.16 bits per heavy atom. The summed E-state index contributed by atoms with van der Waals surface area (Å²) in [5, 5.41) is 0. The van der Waals surface area contributed by atoms with Gasteiger partial charge in [0.15, 0.2) is 0 Å². The van der Waals surface area contributed by atoms with Crippen LogP contribution in [0.3, 0.4) is 0 Å². The topological polar surface area (TPSA) is 44.8 Å². The van der Waals surface area contributed by atoms with Gasteiger partial charge in [0, 0.05) is 0 Å². The van der Waals surface area contributed by atoms with E-state index in [4.69, 9.17) is 14.2 Å². The smallest absolute Gasteiger partial charge is 0.313 e. The van der Waals surface area contributed by atoms with Crippen molar-refractivity contribution in [3.8, 4) is 11.5 Å². The van der Waals surface area contributed by atoms with Crippen LogP contribution in [0.4, 0.5) is 0 Å². The number of ether oxygens (including phenoxy) is 3. The molecule has 0 heterocycles. The molecule has 0 aliphatic rings. The normalized spacial score (nSPS) is 11.8. The summed E-state index contributed by atoms with van der Waals surface area (Å²) in [7, 11) is 4.59. The average molecular weight is 266 g/mol. The van der Waals surface area contributed by atoms with Gasteiger partial charge in [0.2, 0.25) is 0 Å². The first-order valence-corrected chi connectivity index (χ1v) is 6.48. The highest BCUT2D eigenvalue weighted by Crippen LogP contribution is 2.38. The van der Waals surface area contributed by atoms with Crippen LogP contribution in [0.1, 0.15) is 37.7 Å². The average Bonchev–Trinajstić information content (AvgIpc) is 2.46. The minimum atomic E-state index is -0.351. The van der Waals surface area contributed by atoms with Crippen molar-refractivity contribution in [3.05, 3.63) is 23.8 Å². The van der Waals surface area contributed by atoms with Gasteiger partial charge < -0.3 is 14.2 Å². The summed E-state index contributed by atoms with van der Waals surface area (Å²) in [5.74, 6) is 0.712. The summed E-state index contributed by atoms with van der Waals surface area (Å²) >= 11 is 0. The molecule has 0 bridgehead atoms. The predicted octanol–water partition coefficient (Wildman–Crippen LogP) is 3.15. The van der Waals surface area contributed by atoms with E-state index in [-0.39, 0.29) is 11.9 Å². The fourth-order valence-corrected chi connectivity index (χ4v) is 2.15. The van der Waals surface area contributed by atoms with Crippen molar-refractivity contribution in [3.63, 3.8) is 0 Å². The van der Waals surface area contributed by atoms with Crippen LogP contribution >= 0.6 is 0 Å². The van der Waals surface area contributed by atoms with Crippen molar-refractivity contribution >= 4 is 5.97 Å². The first-order chi connectivity index (χ1) is 9.19. The minimum Gasteiger partial charge on any atom is -0.496 e. The number of hydrogen-bond acceptors (Lipinski definition) is 4. The molecule has 0 amide bonds. The quantitative estimate of drug-likeness (QED) is 0.711. The highest BCUT2D eigenvalue weighted by molar-refractivity contribution is 5.80. The standard InChI is InChI=1S/C15H22O4/c1-5-6-8-11(15(16)19-4)14-12(17-2)9-7-10-13(14)18-3/h7,9-11H,5-6,8H2,1-4H3. The van der Waals surface area contributed by atoms with Crippen LogP contribution in [0.15, 0.2) is 18.2 Å². The van der Waals surface area contributed by atoms with Crippen LogP contribution in [-0.2, 0) is 9.53 Å². The molecule has 1 atom stereocenters. The third kappa shape index (κ3) is 3.63. The first-order valence-electron chi connectivity index (χ1n) is 6.48. The van der Waals surface area contributed by atoms with Crippen LogP contribution in [0, 0.1) is 0 Å². The Hall–Kier alpha value is -1.71. The molecule has 19 heavy (non-hydrogen) atoms. The molecule has 0 spiro atoms. The Morgan fingerprint density at radius 2 is 1.74 bits per heavy atom. The molecular weight excluding hydrogens is 244 g/mol. The lowest BCUT2D eigenvalue weighted by molar-refractivity contribution is -0.142. The first kappa shape index (κ1) is 15.3. The predicted molar refractivity (Wildman–Crippen MR) is 73.8 cm³/mol. The lowest BCUT2D eigenvalue weighted by atomic mass is 9.92. The molecule has 4 heteroatoms. The number of hydrogen-bond donors (Lipinski definition) is 0. The highest BCUT2D eigenvalue weighted by Gasteiger charge is 2.27. The van der Waals surface area contributed by atoms with Crippen LogP contribution in [0.2, 0.25) is 0 Å². The molecule has 1 unspecified atom stereocenters. The highest BCUT2D eigenvalue weighted by atomic mass is 16.5. The summed E-state index contributed by atoms with van der Waals surface area (Å²) < 4.78 is 15.6. The molecule has 4 nitrogen and oxygen atoms in total. The molecule has 1 rings (SSSR count). The fraction of sp³-hybridized carbons (Fsp3) is 0.533. The van der Waals surface area contributed by atoms with E-state index >= 15 is 0 Å². The van der Waals surface area contributed by atoms with Gasteiger partial charge in [-0.3, -0.25) is 4.79 Å². The molecule has 0 saturated heterocycles. The van der Waals surface area contributed by atoms with E-state index in [0.29, 0.717) is 11.5 Å². The van der Waals surface area contributed by atoms with Crippen molar-refractivity contribution in [2.24, 2.45) is 0 Å². The number of methoxy groups -OCH3 is 3. The Morgan fingerprint density at radius 3 is 2.16 bits per heavy atom. The van der Waals surface area contributed by atoms with E-state index in [9.17, 15) is 4.79 Å². The number of carbonyl (C=O) groups is 1. The van der Waals surface area contributed by atoms with Crippen LogP contribution < -0.4 is 9.47 Å². The zero-order valence-corrected chi connectivity index (χ0v) is 12.1. The molecule has 0 aromatic heterocycles. The maximum atomic E-state index is 12.0. The largest absolute Gasteiger partial charge is 0.496 e. The van der Waals surface area contributed by atoms with Crippen molar-refractivity contribution in [1.29, 1.82) is 0 Å². The summed E-state index contributed by atoms with van der Waals surface area (Å²) in [4.78, 5) is 12.0. The fourth-order valence-electron chi connectivity index (χ4n) is 2.15. The van der Waals surface area contributed by atoms with Gasteiger partial charge in [0.1, 0.15) is 11.5 Å². The second kappa shape index (κ2) is 7.67. The van der Waals surface area contributed by atoms with Gasteiger partial charge in [-0.05, 0) is 18.6 Å². The Labute approximate surface area is 114 Å². The van der Waals surface area contributed by atoms with E-state index in [1.807, 2.05) is 18.2 Å². The van der Waals surface area contributed by atoms with E-state index < -0.39 is 0 Å². The van der Waals surface area contributed by atoms with Gasteiger partial charge >= 0.3 is 5.97 Å². The van der Waals surface area contributed by atoms with E-state index in [1.165, 1.54) is 7.11 Å². The Bertz CT molecular complexity index is 392. The minimum absolute atomic E-state index is 0.253. The molecule has 1 aromatic carbocycles. The van der Waals surface area contributed by atoms with Gasteiger partial charge in [-0.2, -0.15) is 0 Å². The van der Waals surface area contributed by atoms with Gasteiger partial charge in [0.25, 0.3) is 0 Å². The van der Waals surface area contributed by atoms with Crippen LogP contribution in [0.25, 0.3) is 0 Å². The summed E-state index contributed by atoms with van der Waals surface area (Å²) in [6.07, 6.45) is 2.69. The molecular formula is C15H22O4. The molecule has 0 N–H and O–H groups in total. The second-order valence-electron chi connectivity index (χ2n) is 4.29. The zero-order chi connectivity index (χ0) is 14.3. The number of benzene rings is 1. The molecule has 0 aliphatic carbocycles. The third-order valence-corrected chi connectivity index (χ3v) is 3.15. The van der Waals surface area contributed by atoms with Gasteiger partial charge in [-0.25, -0.2) is 0 Å².